The molecule has 2 rings (SSSR count). The first-order chi connectivity index (χ1) is 7.88. The van der Waals surface area contributed by atoms with Gasteiger partial charge in [-0.15, -0.1) is 11.3 Å². The summed E-state index contributed by atoms with van der Waals surface area (Å²) in [5.41, 5.74) is 0. The Hall–Kier alpha value is -1.03. The normalized spacial score (nSPS) is 17.7. The van der Waals surface area contributed by atoms with Gasteiger partial charge in [0.15, 0.2) is 5.96 Å². The van der Waals surface area contributed by atoms with Gasteiger partial charge in [-0.1, -0.05) is 18.9 Å². The van der Waals surface area contributed by atoms with Gasteiger partial charge in [-0.05, 0) is 24.3 Å². The van der Waals surface area contributed by atoms with E-state index in [4.69, 9.17) is 0 Å². The molecule has 0 atom stereocenters. The van der Waals surface area contributed by atoms with E-state index < -0.39 is 0 Å². The van der Waals surface area contributed by atoms with Crippen LogP contribution in [0.25, 0.3) is 0 Å². The molecule has 0 unspecified atom stereocenters. The van der Waals surface area contributed by atoms with Crippen LogP contribution in [0.5, 0.6) is 0 Å². The predicted molar refractivity (Wildman–Crippen MR) is 69.9 cm³/mol. The van der Waals surface area contributed by atoms with Crippen molar-refractivity contribution in [2.45, 2.75) is 38.3 Å². The topological polar surface area (TPSA) is 36.4 Å². The fourth-order valence-corrected chi connectivity index (χ4v) is 2.69. The van der Waals surface area contributed by atoms with Crippen molar-refractivity contribution >= 4 is 17.3 Å². The van der Waals surface area contributed by atoms with Crippen LogP contribution in [-0.2, 0) is 6.54 Å². The van der Waals surface area contributed by atoms with Gasteiger partial charge >= 0.3 is 0 Å². The maximum Gasteiger partial charge on any atom is 0.191 e. The summed E-state index contributed by atoms with van der Waals surface area (Å²) < 4.78 is 0. The van der Waals surface area contributed by atoms with Crippen LogP contribution in [-0.4, -0.2) is 19.0 Å². The van der Waals surface area contributed by atoms with Gasteiger partial charge in [0.2, 0.25) is 0 Å². The molecule has 88 valence electrons. The highest BCUT2D eigenvalue weighted by Crippen LogP contribution is 2.17. The first-order valence-electron chi connectivity index (χ1n) is 5.88. The third-order valence-corrected chi connectivity index (χ3v) is 3.81. The molecule has 1 aliphatic rings. The number of thiophene rings is 1. The van der Waals surface area contributed by atoms with Crippen molar-refractivity contribution in [1.82, 2.24) is 10.6 Å². The monoisotopic (exact) mass is 237 g/mol. The lowest BCUT2D eigenvalue weighted by atomic mass is 10.2. The standard InChI is InChI=1S/C12H19N3S/c1-13-12(15-10-5-2-3-6-10)14-9-11-7-4-8-16-11/h4,7-8,10H,2-3,5-6,9H2,1H3,(H2,13,14,15). The summed E-state index contributed by atoms with van der Waals surface area (Å²) in [6.07, 6.45) is 5.25. The Morgan fingerprint density at radius 3 is 2.94 bits per heavy atom. The number of rotatable bonds is 3. The van der Waals surface area contributed by atoms with E-state index in [1.807, 2.05) is 7.05 Å². The van der Waals surface area contributed by atoms with E-state index in [9.17, 15) is 0 Å². The summed E-state index contributed by atoms with van der Waals surface area (Å²) in [5, 5.41) is 8.92. The van der Waals surface area contributed by atoms with Gasteiger partial charge in [-0.25, -0.2) is 0 Å². The Balaban J connectivity index is 1.77. The zero-order chi connectivity index (χ0) is 11.2. The molecule has 1 aliphatic carbocycles. The molecule has 3 nitrogen and oxygen atoms in total. The lowest BCUT2D eigenvalue weighted by Gasteiger charge is -2.16. The Bertz CT molecular complexity index is 326. The molecule has 1 fully saturated rings. The molecule has 1 aromatic heterocycles. The minimum absolute atomic E-state index is 0.620. The predicted octanol–water partition coefficient (Wildman–Crippen LogP) is 2.36. The van der Waals surface area contributed by atoms with Crippen molar-refractivity contribution in [3.63, 3.8) is 0 Å². The van der Waals surface area contributed by atoms with E-state index in [0.717, 1.165) is 12.5 Å². The highest BCUT2D eigenvalue weighted by atomic mass is 32.1. The molecule has 0 bridgehead atoms. The smallest absolute Gasteiger partial charge is 0.191 e. The van der Waals surface area contributed by atoms with Crippen molar-refractivity contribution in [3.8, 4) is 0 Å². The van der Waals surface area contributed by atoms with Gasteiger partial charge in [0.05, 0.1) is 6.54 Å². The second-order valence-electron chi connectivity index (χ2n) is 4.13. The molecule has 1 aromatic rings. The number of aliphatic imine (C=N–C) groups is 1. The van der Waals surface area contributed by atoms with Crippen LogP contribution in [0, 0.1) is 0 Å². The minimum Gasteiger partial charge on any atom is -0.354 e. The van der Waals surface area contributed by atoms with E-state index in [0.29, 0.717) is 6.04 Å². The van der Waals surface area contributed by atoms with Gasteiger partial charge in [0.25, 0.3) is 0 Å². The molecule has 2 N–H and O–H groups in total. The minimum atomic E-state index is 0.620. The molecular weight excluding hydrogens is 218 g/mol. The Morgan fingerprint density at radius 2 is 2.31 bits per heavy atom. The summed E-state index contributed by atoms with van der Waals surface area (Å²) in [6.45, 7) is 0.865. The number of guanidine groups is 1. The summed E-state index contributed by atoms with van der Waals surface area (Å²) >= 11 is 1.77. The Kier molecular flexibility index (Phi) is 4.22. The highest BCUT2D eigenvalue weighted by Gasteiger charge is 2.15. The molecule has 0 aromatic carbocycles. The number of hydrogen-bond donors (Lipinski definition) is 2. The van der Waals surface area contributed by atoms with Crippen molar-refractivity contribution in [3.05, 3.63) is 22.4 Å². The molecule has 0 radical (unpaired) electrons. The fraction of sp³-hybridized carbons (Fsp3) is 0.583. The Morgan fingerprint density at radius 1 is 1.50 bits per heavy atom. The molecule has 16 heavy (non-hydrogen) atoms. The molecular formula is C12H19N3S. The maximum atomic E-state index is 4.25. The van der Waals surface area contributed by atoms with E-state index in [-0.39, 0.29) is 0 Å². The number of nitrogens with zero attached hydrogens (tertiary/aromatic N) is 1. The van der Waals surface area contributed by atoms with Crippen molar-refractivity contribution in [2.24, 2.45) is 4.99 Å². The van der Waals surface area contributed by atoms with Crippen LogP contribution in [0.1, 0.15) is 30.6 Å². The van der Waals surface area contributed by atoms with Gasteiger partial charge in [0, 0.05) is 18.0 Å². The summed E-state index contributed by atoms with van der Waals surface area (Å²) in [6, 6.07) is 4.84. The molecule has 0 aliphatic heterocycles. The average Bonchev–Trinajstić information content (AvgIpc) is 2.97. The van der Waals surface area contributed by atoms with Crippen LogP contribution >= 0.6 is 11.3 Å². The van der Waals surface area contributed by atoms with Crippen molar-refractivity contribution in [2.75, 3.05) is 7.05 Å². The van der Waals surface area contributed by atoms with E-state index in [2.05, 4.69) is 33.1 Å². The van der Waals surface area contributed by atoms with Gasteiger partial charge in [-0.2, -0.15) is 0 Å². The summed E-state index contributed by atoms with van der Waals surface area (Å²) in [4.78, 5) is 5.59. The van der Waals surface area contributed by atoms with E-state index >= 15 is 0 Å². The highest BCUT2D eigenvalue weighted by molar-refractivity contribution is 7.09. The summed E-state index contributed by atoms with van der Waals surface area (Å²) in [7, 11) is 1.83. The quantitative estimate of drug-likeness (QED) is 0.625. The number of nitrogens with one attached hydrogen (secondary N) is 2. The zero-order valence-corrected chi connectivity index (χ0v) is 10.5. The van der Waals surface area contributed by atoms with Crippen LogP contribution in [0.3, 0.4) is 0 Å². The van der Waals surface area contributed by atoms with Crippen molar-refractivity contribution in [1.29, 1.82) is 0 Å². The van der Waals surface area contributed by atoms with Gasteiger partial charge < -0.3 is 10.6 Å². The third-order valence-electron chi connectivity index (χ3n) is 2.93. The van der Waals surface area contributed by atoms with Crippen LogP contribution in [0.15, 0.2) is 22.5 Å². The molecule has 0 spiro atoms. The molecule has 1 saturated carbocycles. The lowest BCUT2D eigenvalue weighted by molar-refractivity contribution is 0.614. The largest absolute Gasteiger partial charge is 0.354 e. The second-order valence-corrected chi connectivity index (χ2v) is 5.16. The van der Waals surface area contributed by atoms with Crippen LogP contribution in [0.2, 0.25) is 0 Å². The van der Waals surface area contributed by atoms with Gasteiger partial charge in [0.1, 0.15) is 0 Å². The first kappa shape index (κ1) is 11.5. The molecule has 0 amide bonds. The summed E-state index contributed by atoms with van der Waals surface area (Å²) in [5.74, 6) is 0.931. The third kappa shape index (κ3) is 3.23. The Labute approximate surface area is 101 Å². The average molecular weight is 237 g/mol. The van der Waals surface area contributed by atoms with Crippen molar-refractivity contribution < 1.29 is 0 Å². The van der Waals surface area contributed by atoms with Crippen LogP contribution in [0.4, 0.5) is 0 Å². The van der Waals surface area contributed by atoms with Gasteiger partial charge in [-0.3, -0.25) is 4.99 Å². The molecule has 4 heteroatoms. The lowest BCUT2D eigenvalue weighted by Crippen LogP contribution is -2.41. The van der Waals surface area contributed by atoms with E-state index in [1.54, 1.807) is 11.3 Å². The SMILES string of the molecule is CN=C(NCc1cccs1)NC1CCCC1. The second kappa shape index (κ2) is 5.89. The first-order valence-corrected chi connectivity index (χ1v) is 6.76. The fourth-order valence-electron chi connectivity index (χ4n) is 2.04. The van der Waals surface area contributed by atoms with E-state index in [1.165, 1.54) is 30.6 Å². The zero-order valence-electron chi connectivity index (χ0n) is 9.70. The molecule has 1 heterocycles. The number of hydrogen-bond acceptors (Lipinski definition) is 2. The van der Waals surface area contributed by atoms with Crippen LogP contribution < -0.4 is 10.6 Å². The molecule has 0 saturated heterocycles. The maximum absolute atomic E-state index is 4.25.